The summed E-state index contributed by atoms with van der Waals surface area (Å²) >= 11 is 5.92. The Bertz CT molecular complexity index is 1320. The van der Waals surface area contributed by atoms with Crippen molar-refractivity contribution >= 4 is 41.2 Å². The van der Waals surface area contributed by atoms with Gasteiger partial charge in [-0.3, -0.25) is 9.59 Å². The van der Waals surface area contributed by atoms with Crippen LogP contribution < -0.4 is 20.1 Å². The number of rotatable bonds is 8. The topological polar surface area (TPSA) is 97.0 Å². The fourth-order valence-electron chi connectivity index (χ4n) is 3.50. The van der Waals surface area contributed by atoms with Crippen LogP contribution in [0.5, 0.6) is 11.5 Å². The number of urea groups is 1. The second-order valence-electron chi connectivity index (χ2n) is 8.12. The van der Waals surface area contributed by atoms with E-state index in [-0.39, 0.29) is 5.70 Å². The van der Waals surface area contributed by atoms with Crippen LogP contribution in [0.4, 0.5) is 10.5 Å². The first kappa shape index (κ1) is 24.8. The first-order chi connectivity index (χ1) is 17.3. The van der Waals surface area contributed by atoms with E-state index in [9.17, 15) is 14.4 Å². The van der Waals surface area contributed by atoms with Crippen molar-refractivity contribution in [2.75, 3.05) is 19.0 Å². The molecule has 1 fully saturated rings. The Morgan fingerprint density at radius 1 is 1.03 bits per heavy atom. The summed E-state index contributed by atoms with van der Waals surface area (Å²) in [5.41, 5.74) is 3.24. The molecule has 36 heavy (non-hydrogen) atoms. The molecule has 8 nitrogen and oxygen atoms in total. The van der Waals surface area contributed by atoms with Crippen molar-refractivity contribution < 1.29 is 23.9 Å². The molecule has 0 spiro atoms. The van der Waals surface area contributed by atoms with E-state index in [1.54, 1.807) is 42.5 Å². The number of carbonyl (C=O) groups is 3. The maximum atomic E-state index is 12.8. The number of nitrogens with one attached hydrogen (secondary N) is 2. The molecule has 0 radical (unpaired) electrons. The van der Waals surface area contributed by atoms with Gasteiger partial charge in [-0.15, -0.1) is 0 Å². The lowest BCUT2D eigenvalue weighted by Crippen LogP contribution is -2.38. The summed E-state index contributed by atoms with van der Waals surface area (Å²) in [6.07, 6.45) is 1.52. The van der Waals surface area contributed by atoms with E-state index in [0.717, 1.165) is 16.0 Å². The predicted octanol–water partition coefficient (Wildman–Crippen LogP) is 4.77. The molecule has 3 aromatic carbocycles. The molecule has 1 saturated heterocycles. The summed E-state index contributed by atoms with van der Waals surface area (Å²) in [6, 6.07) is 19.0. The Labute approximate surface area is 213 Å². The van der Waals surface area contributed by atoms with Crippen LogP contribution in [0, 0.1) is 6.92 Å². The fourth-order valence-corrected chi connectivity index (χ4v) is 3.62. The number of ether oxygens (including phenoxy) is 2. The molecule has 3 aromatic rings. The summed E-state index contributed by atoms with van der Waals surface area (Å²) in [4.78, 5) is 38.4. The van der Waals surface area contributed by atoms with Crippen LogP contribution in [0.25, 0.3) is 6.08 Å². The van der Waals surface area contributed by atoms with Crippen molar-refractivity contribution in [3.8, 4) is 11.5 Å². The molecule has 0 aliphatic carbocycles. The van der Waals surface area contributed by atoms with Gasteiger partial charge in [-0.25, -0.2) is 9.69 Å². The van der Waals surface area contributed by atoms with E-state index in [0.29, 0.717) is 34.4 Å². The van der Waals surface area contributed by atoms with Crippen LogP contribution >= 0.6 is 11.6 Å². The highest BCUT2D eigenvalue weighted by Gasteiger charge is 2.35. The van der Waals surface area contributed by atoms with Gasteiger partial charge in [0.15, 0.2) is 11.5 Å². The number of amides is 4. The van der Waals surface area contributed by atoms with Gasteiger partial charge in [0.2, 0.25) is 5.91 Å². The predicted molar refractivity (Wildman–Crippen MR) is 137 cm³/mol. The lowest BCUT2D eigenvalue weighted by molar-refractivity contribution is -0.127. The molecule has 9 heteroatoms. The van der Waals surface area contributed by atoms with Crippen molar-refractivity contribution in [3.63, 3.8) is 0 Å². The molecular formula is C27H24ClN3O5. The van der Waals surface area contributed by atoms with Crippen LogP contribution in [0.15, 0.2) is 72.4 Å². The Hall–Kier alpha value is -4.30. The molecule has 4 amide bonds. The van der Waals surface area contributed by atoms with E-state index in [2.05, 4.69) is 10.6 Å². The molecule has 0 saturated carbocycles. The van der Waals surface area contributed by atoms with Crippen molar-refractivity contribution in [2.45, 2.75) is 13.5 Å². The maximum absolute atomic E-state index is 12.8. The quantitative estimate of drug-likeness (QED) is 0.339. The Morgan fingerprint density at radius 2 is 1.75 bits per heavy atom. The molecule has 2 N–H and O–H groups in total. The van der Waals surface area contributed by atoms with Crippen molar-refractivity contribution in [1.82, 2.24) is 10.2 Å². The third-order valence-electron chi connectivity index (χ3n) is 5.41. The summed E-state index contributed by atoms with van der Waals surface area (Å²) in [7, 11) is 1.51. The van der Waals surface area contributed by atoms with Gasteiger partial charge in [0, 0.05) is 10.7 Å². The smallest absolute Gasteiger partial charge is 0.329 e. The van der Waals surface area contributed by atoms with Crippen molar-refractivity contribution in [2.24, 2.45) is 0 Å². The van der Waals surface area contributed by atoms with E-state index in [1.807, 2.05) is 31.2 Å². The van der Waals surface area contributed by atoms with Crippen LogP contribution in [0.1, 0.15) is 16.7 Å². The first-order valence-corrected chi connectivity index (χ1v) is 11.5. The van der Waals surface area contributed by atoms with E-state index >= 15 is 0 Å². The largest absolute Gasteiger partial charge is 0.493 e. The second kappa shape index (κ2) is 11.0. The van der Waals surface area contributed by atoms with Crippen LogP contribution in [-0.4, -0.2) is 36.4 Å². The number of benzene rings is 3. The van der Waals surface area contributed by atoms with E-state index < -0.39 is 24.4 Å². The number of halogens is 1. The highest BCUT2D eigenvalue weighted by molar-refractivity contribution is 6.30. The van der Waals surface area contributed by atoms with Gasteiger partial charge in [-0.1, -0.05) is 47.5 Å². The number of nitrogens with zero attached hydrogens (tertiary/aromatic N) is 1. The average molecular weight is 506 g/mol. The lowest BCUT2D eigenvalue weighted by atomic mass is 10.1. The lowest BCUT2D eigenvalue weighted by Gasteiger charge is -2.12. The minimum Gasteiger partial charge on any atom is -0.493 e. The molecular weight excluding hydrogens is 482 g/mol. The molecule has 184 valence electrons. The summed E-state index contributed by atoms with van der Waals surface area (Å²) in [6.45, 7) is 1.85. The van der Waals surface area contributed by atoms with E-state index in [4.69, 9.17) is 21.1 Å². The summed E-state index contributed by atoms with van der Waals surface area (Å²) in [5, 5.41) is 5.84. The molecule has 0 aromatic heterocycles. The molecule has 1 aliphatic heterocycles. The minimum absolute atomic E-state index is 0.0556. The number of hydrogen-bond acceptors (Lipinski definition) is 5. The number of carbonyl (C=O) groups excluding carboxylic acids is 3. The molecule has 0 unspecified atom stereocenters. The van der Waals surface area contributed by atoms with Gasteiger partial charge >= 0.3 is 6.03 Å². The number of anilines is 1. The zero-order chi connectivity index (χ0) is 25.7. The SMILES string of the molecule is COc1cc(/C=C2/NC(=O)N(CC(=O)Nc3ccc(C)cc3)C2=O)ccc1OCc1ccc(Cl)cc1. The van der Waals surface area contributed by atoms with Gasteiger partial charge in [-0.2, -0.15) is 0 Å². The zero-order valence-electron chi connectivity index (χ0n) is 19.7. The Balaban J connectivity index is 1.42. The minimum atomic E-state index is -0.666. The number of imide groups is 1. The normalized spacial score (nSPS) is 14.1. The summed E-state index contributed by atoms with van der Waals surface area (Å²) < 4.78 is 11.3. The molecule has 1 heterocycles. The highest BCUT2D eigenvalue weighted by atomic mass is 35.5. The average Bonchev–Trinajstić information content (AvgIpc) is 3.12. The molecule has 1 aliphatic rings. The number of aryl methyl sites for hydroxylation is 1. The van der Waals surface area contributed by atoms with Crippen LogP contribution in [0.2, 0.25) is 5.02 Å². The van der Waals surface area contributed by atoms with Crippen molar-refractivity contribution in [1.29, 1.82) is 0 Å². The zero-order valence-corrected chi connectivity index (χ0v) is 20.5. The summed E-state index contributed by atoms with van der Waals surface area (Å²) in [5.74, 6) is -0.0937. The monoisotopic (exact) mass is 505 g/mol. The van der Waals surface area contributed by atoms with Crippen LogP contribution in [0.3, 0.4) is 0 Å². The Morgan fingerprint density at radius 3 is 2.44 bits per heavy atom. The molecule has 0 bridgehead atoms. The van der Waals surface area contributed by atoms with Gasteiger partial charge in [0.1, 0.15) is 18.8 Å². The second-order valence-corrected chi connectivity index (χ2v) is 8.56. The highest BCUT2D eigenvalue weighted by Crippen LogP contribution is 2.30. The third-order valence-corrected chi connectivity index (χ3v) is 5.66. The Kier molecular flexibility index (Phi) is 7.56. The molecule has 4 rings (SSSR count). The van der Waals surface area contributed by atoms with Gasteiger partial charge in [0.25, 0.3) is 5.91 Å². The fraction of sp³-hybridized carbons (Fsp3) is 0.148. The van der Waals surface area contributed by atoms with Gasteiger partial charge in [-0.05, 0) is 60.5 Å². The first-order valence-electron chi connectivity index (χ1n) is 11.1. The maximum Gasteiger partial charge on any atom is 0.329 e. The van der Waals surface area contributed by atoms with Gasteiger partial charge < -0.3 is 20.1 Å². The van der Waals surface area contributed by atoms with Crippen LogP contribution in [-0.2, 0) is 16.2 Å². The molecule has 0 atom stereocenters. The number of hydrogen-bond donors (Lipinski definition) is 2. The number of methoxy groups -OCH3 is 1. The standard InChI is InChI=1S/C27H24ClN3O5/c1-17-3-10-21(11-4-17)29-25(32)15-31-26(33)22(30-27(31)34)13-19-7-12-23(24(14-19)35-2)36-16-18-5-8-20(28)9-6-18/h3-14H,15-16H2,1-2H3,(H,29,32)(H,30,34)/b22-13+. The van der Waals surface area contributed by atoms with Gasteiger partial charge in [0.05, 0.1) is 7.11 Å². The van der Waals surface area contributed by atoms with E-state index in [1.165, 1.54) is 13.2 Å². The van der Waals surface area contributed by atoms with Crippen molar-refractivity contribution in [3.05, 3.63) is 94.1 Å². The third kappa shape index (κ3) is 6.03.